The van der Waals surface area contributed by atoms with Crippen molar-refractivity contribution in [2.24, 2.45) is 5.41 Å². The summed E-state index contributed by atoms with van der Waals surface area (Å²) >= 11 is 0. The van der Waals surface area contributed by atoms with E-state index in [0.717, 1.165) is 13.1 Å². The Bertz CT molecular complexity index is 398. The molecule has 0 heterocycles. The van der Waals surface area contributed by atoms with Gasteiger partial charge in [-0.2, -0.15) is 0 Å². The van der Waals surface area contributed by atoms with Gasteiger partial charge in [0.1, 0.15) is 0 Å². The first-order valence-corrected chi connectivity index (χ1v) is 7.26. The first-order valence-electron chi connectivity index (χ1n) is 7.26. The van der Waals surface area contributed by atoms with E-state index in [1.54, 1.807) is 5.56 Å². The summed E-state index contributed by atoms with van der Waals surface area (Å²) in [6.07, 6.45) is 3.83. The number of benzene rings is 1. The van der Waals surface area contributed by atoms with Crippen molar-refractivity contribution in [2.75, 3.05) is 13.1 Å². The van der Waals surface area contributed by atoms with Gasteiger partial charge < -0.3 is 5.32 Å². The van der Waals surface area contributed by atoms with Crippen molar-refractivity contribution in [3.63, 3.8) is 0 Å². The zero-order chi connectivity index (χ0) is 13.2. The second kappa shape index (κ2) is 5.05. The molecule has 1 aliphatic carbocycles. The molecule has 1 fully saturated rings. The molecule has 0 amide bonds. The SMILES string of the molecule is CCCNCC1(c2ccccc2C)CC(C)(C)C1. The molecule has 1 N–H and O–H groups in total. The molecule has 0 aliphatic heterocycles. The minimum absolute atomic E-state index is 0.379. The molecule has 0 radical (unpaired) electrons. The van der Waals surface area contributed by atoms with E-state index in [2.05, 4.69) is 57.3 Å². The Morgan fingerprint density at radius 3 is 2.39 bits per heavy atom. The lowest BCUT2D eigenvalue weighted by Crippen LogP contribution is -2.52. The molecule has 0 atom stereocenters. The molecule has 0 aromatic heterocycles. The lowest BCUT2D eigenvalue weighted by Gasteiger charge is -2.54. The third kappa shape index (κ3) is 2.61. The number of aryl methyl sites for hydroxylation is 1. The monoisotopic (exact) mass is 245 g/mol. The van der Waals surface area contributed by atoms with E-state index in [4.69, 9.17) is 0 Å². The van der Waals surface area contributed by atoms with Gasteiger partial charge in [0.05, 0.1) is 0 Å². The molecule has 1 aromatic rings. The number of nitrogens with one attached hydrogen (secondary N) is 1. The molecule has 0 spiro atoms. The summed E-state index contributed by atoms with van der Waals surface area (Å²) < 4.78 is 0. The van der Waals surface area contributed by atoms with Gasteiger partial charge in [0.2, 0.25) is 0 Å². The Labute approximate surface area is 112 Å². The van der Waals surface area contributed by atoms with Crippen molar-refractivity contribution in [1.82, 2.24) is 5.32 Å². The van der Waals surface area contributed by atoms with Gasteiger partial charge >= 0.3 is 0 Å². The summed E-state index contributed by atoms with van der Waals surface area (Å²) in [5.74, 6) is 0. The maximum atomic E-state index is 3.64. The van der Waals surface area contributed by atoms with Crippen molar-refractivity contribution in [2.45, 2.75) is 52.4 Å². The van der Waals surface area contributed by atoms with Crippen LogP contribution in [0, 0.1) is 12.3 Å². The topological polar surface area (TPSA) is 12.0 Å². The van der Waals surface area contributed by atoms with Crippen LogP contribution in [0.3, 0.4) is 0 Å². The van der Waals surface area contributed by atoms with Crippen LogP contribution in [0.1, 0.15) is 51.2 Å². The average Bonchev–Trinajstić information content (AvgIpc) is 2.27. The average molecular weight is 245 g/mol. The van der Waals surface area contributed by atoms with Crippen LogP contribution in [0.25, 0.3) is 0 Å². The molecule has 18 heavy (non-hydrogen) atoms. The predicted octanol–water partition coefficient (Wildman–Crippen LogP) is 4.05. The molecule has 1 nitrogen and oxygen atoms in total. The fourth-order valence-corrected chi connectivity index (χ4v) is 3.86. The Balaban J connectivity index is 2.19. The van der Waals surface area contributed by atoms with E-state index < -0.39 is 0 Å². The van der Waals surface area contributed by atoms with Gasteiger partial charge in [-0.15, -0.1) is 0 Å². The van der Waals surface area contributed by atoms with Crippen molar-refractivity contribution in [3.05, 3.63) is 35.4 Å². The molecule has 100 valence electrons. The smallest absolute Gasteiger partial charge is 0.00905 e. The standard InChI is InChI=1S/C17H27N/c1-5-10-18-13-17(11-16(3,4)12-17)15-9-7-6-8-14(15)2/h6-9,18H,5,10-13H2,1-4H3. The van der Waals surface area contributed by atoms with Crippen LogP contribution in [0.4, 0.5) is 0 Å². The fourth-order valence-electron chi connectivity index (χ4n) is 3.86. The van der Waals surface area contributed by atoms with Gasteiger partial charge in [-0.3, -0.25) is 0 Å². The first-order chi connectivity index (χ1) is 8.49. The van der Waals surface area contributed by atoms with Crippen LogP contribution >= 0.6 is 0 Å². The highest BCUT2D eigenvalue weighted by atomic mass is 14.9. The normalized spacial score (nSPS) is 20.4. The highest BCUT2D eigenvalue weighted by molar-refractivity contribution is 5.37. The Morgan fingerprint density at radius 2 is 1.83 bits per heavy atom. The minimum atomic E-state index is 0.379. The molecular weight excluding hydrogens is 218 g/mol. The highest BCUT2D eigenvalue weighted by Gasteiger charge is 2.50. The lowest BCUT2D eigenvalue weighted by molar-refractivity contribution is 0.0560. The van der Waals surface area contributed by atoms with Gasteiger partial charge in [-0.05, 0) is 49.3 Å². The molecule has 1 aromatic carbocycles. The molecule has 0 unspecified atom stereocenters. The van der Waals surface area contributed by atoms with E-state index in [-0.39, 0.29) is 0 Å². The van der Waals surface area contributed by atoms with Crippen LogP contribution in [0.15, 0.2) is 24.3 Å². The summed E-state index contributed by atoms with van der Waals surface area (Å²) in [5.41, 5.74) is 3.90. The molecule has 1 heteroatoms. The van der Waals surface area contributed by atoms with Crippen molar-refractivity contribution >= 4 is 0 Å². The third-order valence-corrected chi connectivity index (χ3v) is 4.24. The van der Waals surface area contributed by atoms with E-state index in [0.29, 0.717) is 10.8 Å². The second-order valence-corrected chi connectivity index (χ2v) is 6.79. The number of rotatable bonds is 5. The maximum absolute atomic E-state index is 3.64. The van der Waals surface area contributed by atoms with Crippen LogP contribution in [-0.4, -0.2) is 13.1 Å². The fraction of sp³-hybridized carbons (Fsp3) is 0.647. The molecule has 0 bridgehead atoms. The first kappa shape index (κ1) is 13.6. The van der Waals surface area contributed by atoms with Crippen molar-refractivity contribution < 1.29 is 0 Å². The highest BCUT2D eigenvalue weighted by Crippen LogP contribution is 2.55. The predicted molar refractivity (Wildman–Crippen MR) is 79.0 cm³/mol. The molecule has 2 rings (SSSR count). The van der Waals surface area contributed by atoms with Gasteiger partial charge in [0.25, 0.3) is 0 Å². The Morgan fingerprint density at radius 1 is 1.17 bits per heavy atom. The summed E-state index contributed by atoms with van der Waals surface area (Å²) in [6, 6.07) is 8.92. The molecular formula is C17H27N. The quantitative estimate of drug-likeness (QED) is 0.772. The van der Waals surface area contributed by atoms with Crippen molar-refractivity contribution in [3.8, 4) is 0 Å². The Kier molecular flexibility index (Phi) is 3.82. The van der Waals surface area contributed by atoms with Crippen molar-refractivity contribution in [1.29, 1.82) is 0 Å². The summed E-state index contributed by atoms with van der Waals surface area (Å²) in [6.45, 7) is 11.5. The molecule has 0 saturated heterocycles. The van der Waals surface area contributed by atoms with E-state index in [9.17, 15) is 0 Å². The van der Waals surface area contributed by atoms with E-state index in [1.165, 1.54) is 24.8 Å². The summed E-state index contributed by atoms with van der Waals surface area (Å²) in [5, 5.41) is 3.64. The van der Waals surface area contributed by atoms with Crippen LogP contribution in [-0.2, 0) is 5.41 Å². The zero-order valence-corrected chi connectivity index (χ0v) is 12.3. The second-order valence-electron chi connectivity index (χ2n) is 6.79. The van der Waals surface area contributed by atoms with Gasteiger partial charge in [-0.1, -0.05) is 45.0 Å². The largest absolute Gasteiger partial charge is 0.316 e. The van der Waals surface area contributed by atoms with E-state index >= 15 is 0 Å². The lowest BCUT2D eigenvalue weighted by atomic mass is 9.51. The minimum Gasteiger partial charge on any atom is -0.316 e. The zero-order valence-electron chi connectivity index (χ0n) is 12.3. The summed E-state index contributed by atoms with van der Waals surface area (Å²) in [7, 11) is 0. The van der Waals surface area contributed by atoms with E-state index in [1.807, 2.05) is 0 Å². The van der Waals surface area contributed by atoms with Gasteiger partial charge in [0.15, 0.2) is 0 Å². The Hall–Kier alpha value is -0.820. The number of hydrogen-bond acceptors (Lipinski definition) is 1. The maximum Gasteiger partial charge on any atom is 0.00905 e. The third-order valence-electron chi connectivity index (χ3n) is 4.24. The van der Waals surface area contributed by atoms with Gasteiger partial charge in [0, 0.05) is 12.0 Å². The van der Waals surface area contributed by atoms with Crippen LogP contribution in [0.5, 0.6) is 0 Å². The number of hydrogen-bond donors (Lipinski definition) is 1. The molecule has 1 aliphatic rings. The summed E-state index contributed by atoms with van der Waals surface area (Å²) in [4.78, 5) is 0. The molecule has 1 saturated carbocycles. The van der Waals surface area contributed by atoms with Gasteiger partial charge in [-0.25, -0.2) is 0 Å². The van der Waals surface area contributed by atoms with Crippen LogP contribution in [0.2, 0.25) is 0 Å². The van der Waals surface area contributed by atoms with Crippen LogP contribution < -0.4 is 5.32 Å².